The molecule has 0 amide bonds. The van der Waals surface area contributed by atoms with Gasteiger partial charge in [0.05, 0.1) is 18.3 Å². The van der Waals surface area contributed by atoms with Gasteiger partial charge < -0.3 is 9.84 Å². The van der Waals surface area contributed by atoms with Crippen molar-refractivity contribution in [1.29, 1.82) is 0 Å². The second kappa shape index (κ2) is 6.18. The molecule has 2 atom stereocenters. The Morgan fingerprint density at radius 1 is 1.59 bits per heavy atom. The van der Waals surface area contributed by atoms with Gasteiger partial charge in [-0.25, -0.2) is 0 Å². The van der Waals surface area contributed by atoms with Crippen LogP contribution in [-0.2, 0) is 4.74 Å². The van der Waals surface area contributed by atoms with E-state index in [4.69, 9.17) is 4.74 Å². The van der Waals surface area contributed by atoms with E-state index in [1.54, 1.807) is 13.0 Å². The Balaban J connectivity index is 2.38. The lowest BCUT2D eigenvalue weighted by atomic mass is 9.99. The molecule has 1 saturated heterocycles. The van der Waals surface area contributed by atoms with Crippen molar-refractivity contribution in [3.63, 3.8) is 0 Å². The third-order valence-corrected chi connectivity index (χ3v) is 2.99. The highest BCUT2D eigenvalue weighted by Gasteiger charge is 2.18. The van der Waals surface area contributed by atoms with Gasteiger partial charge in [-0.05, 0) is 39.2 Å². The molecular formula is C15H24O2. The van der Waals surface area contributed by atoms with Gasteiger partial charge >= 0.3 is 0 Å². The maximum atomic E-state index is 9.78. The van der Waals surface area contributed by atoms with Gasteiger partial charge in [0.15, 0.2) is 0 Å². The van der Waals surface area contributed by atoms with Gasteiger partial charge in [0.1, 0.15) is 0 Å². The second-order valence-corrected chi connectivity index (χ2v) is 5.26. The number of rotatable bonds is 5. The van der Waals surface area contributed by atoms with Crippen LogP contribution in [0.1, 0.15) is 40.0 Å². The topological polar surface area (TPSA) is 29.5 Å². The van der Waals surface area contributed by atoms with Gasteiger partial charge in [-0.2, -0.15) is 0 Å². The molecule has 2 heteroatoms. The van der Waals surface area contributed by atoms with E-state index in [1.165, 1.54) is 11.1 Å². The lowest BCUT2D eigenvalue weighted by Gasteiger charge is -2.16. The van der Waals surface area contributed by atoms with Gasteiger partial charge in [-0.15, -0.1) is 6.58 Å². The van der Waals surface area contributed by atoms with Crippen molar-refractivity contribution in [3.05, 3.63) is 36.0 Å². The summed E-state index contributed by atoms with van der Waals surface area (Å²) >= 11 is 0. The summed E-state index contributed by atoms with van der Waals surface area (Å²) in [5.41, 5.74) is 1.88. The summed E-state index contributed by atoms with van der Waals surface area (Å²) in [6, 6.07) is 0. The predicted octanol–water partition coefficient (Wildman–Crippen LogP) is 3.39. The molecule has 1 N–H and O–H groups in total. The standard InChI is InChI=1S/C15H24O2/c1-5-15(4,16)8-6-7-13-10-14(17-11-13)9-12(2)3/h5,7,9,14,16H,1,6,8,10-11H2,2-4H3/b13-7-/t14?,15-/m1/s1. The number of allylic oxidation sites excluding steroid dienone is 2. The van der Waals surface area contributed by atoms with Crippen molar-refractivity contribution < 1.29 is 9.84 Å². The summed E-state index contributed by atoms with van der Waals surface area (Å²) < 4.78 is 5.66. The molecule has 1 heterocycles. The van der Waals surface area contributed by atoms with Crippen LogP contribution in [0.4, 0.5) is 0 Å². The van der Waals surface area contributed by atoms with Gasteiger partial charge in [0.25, 0.3) is 0 Å². The monoisotopic (exact) mass is 236 g/mol. The van der Waals surface area contributed by atoms with Gasteiger partial charge in [-0.3, -0.25) is 0 Å². The van der Waals surface area contributed by atoms with Gasteiger partial charge in [-0.1, -0.05) is 23.8 Å². The first-order chi connectivity index (χ1) is 7.93. The van der Waals surface area contributed by atoms with E-state index in [0.717, 1.165) is 19.4 Å². The highest BCUT2D eigenvalue weighted by Crippen LogP contribution is 2.22. The van der Waals surface area contributed by atoms with Crippen LogP contribution in [0.5, 0.6) is 0 Å². The van der Waals surface area contributed by atoms with E-state index >= 15 is 0 Å². The highest BCUT2D eigenvalue weighted by molar-refractivity contribution is 5.14. The zero-order chi connectivity index (χ0) is 12.9. The van der Waals surface area contributed by atoms with Gasteiger partial charge in [0, 0.05) is 6.42 Å². The Labute approximate surface area is 105 Å². The molecule has 17 heavy (non-hydrogen) atoms. The molecule has 0 radical (unpaired) electrons. The Bertz CT molecular complexity index is 320. The van der Waals surface area contributed by atoms with E-state index in [2.05, 4.69) is 32.6 Å². The molecule has 1 unspecified atom stereocenters. The average molecular weight is 236 g/mol. The average Bonchev–Trinajstić information content (AvgIpc) is 2.64. The predicted molar refractivity (Wildman–Crippen MR) is 71.9 cm³/mol. The van der Waals surface area contributed by atoms with Crippen molar-refractivity contribution in [2.45, 2.75) is 51.7 Å². The minimum atomic E-state index is -0.754. The van der Waals surface area contributed by atoms with Crippen LogP contribution in [-0.4, -0.2) is 23.4 Å². The Morgan fingerprint density at radius 3 is 2.88 bits per heavy atom. The normalized spacial score (nSPS) is 25.6. The quantitative estimate of drug-likeness (QED) is 0.741. The molecule has 0 saturated carbocycles. The lowest BCUT2D eigenvalue weighted by Crippen LogP contribution is -2.19. The highest BCUT2D eigenvalue weighted by atomic mass is 16.5. The molecular weight excluding hydrogens is 212 g/mol. The lowest BCUT2D eigenvalue weighted by molar-refractivity contribution is 0.103. The molecule has 1 aliphatic heterocycles. The Kier molecular flexibility index (Phi) is 5.16. The molecule has 1 aliphatic rings. The molecule has 0 aromatic carbocycles. The fourth-order valence-corrected chi connectivity index (χ4v) is 1.88. The first-order valence-electron chi connectivity index (χ1n) is 6.23. The molecule has 96 valence electrons. The van der Waals surface area contributed by atoms with Crippen LogP contribution in [0.15, 0.2) is 36.0 Å². The summed E-state index contributed by atoms with van der Waals surface area (Å²) in [6.07, 6.45) is 8.78. The van der Waals surface area contributed by atoms with Crippen LogP contribution in [0.25, 0.3) is 0 Å². The van der Waals surface area contributed by atoms with Gasteiger partial charge in [0.2, 0.25) is 0 Å². The SMILES string of the molecule is C=C[C@@](C)(O)CC/C=C1\COC(C=C(C)C)C1. The Morgan fingerprint density at radius 2 is 2.29 bits per heavy atom. The van der Waals surface area contributed by atoms with E-state index in [9.17, 15) is 5.11 Å². The van der Waals surface area contributed by atoms with Crippen LogP contribution < -0.4 is 0 Å². The van der Waals surface area contributed by atoms with Crippen molar-refractivity contribution in [3.8, 4) is 0 Å². The number of hydrogen-bond acceptors (Lipinski definition) is 2. The Hall–Kier alpha value is -0.860. The third kappa shape index (κ3) is 5.33. The van der Waals surface area contributed by atoms with E-state index in [-0.39, 0.29) is 6.10 Å². The number of hydrogen-bond donors (Lipinski definition) is 1. The van der Waals surface area contributed by atoms with Crippen molar-refractivity contribution >= 4 is 0 Å². The molecule has 0 spiro atoms. The maximum Gasteiger partial charge on any atom is 0.0800 e. The summed E-state index contributed by atoms with van der Waals surface area (Å²) in [6.45, 7) is 10.3. The maximum absolute atomic E-state index is 9.78. The fraction of sp³-hybridized carbons (Fsp3) is 0.600. The minimum Gasteiger partial charge on any atom is -0.386 e. The summed E-state index contributed by atoms with van der Waals surface area (Å²) in [5.74, 6) is 0. The zero-order valence-corrected chi connectivity index (χ0v) is 11.2. The molecule has 2 nitrogen and oxygen atoms in total. The first-order valence-corrected chi connectivity index (χ1v) is 6.23. The van der Waals surface area contributed by atoms with Crippen molar-refractivity contribution in [2.24, 2.45) is 0 Å². The smallest absolute Gasteiger partial charge is 0.0800 e. The summed E-state index contributed by atoms with van der Waals surface area (Å²) in [5, 5.41) is 9.78. The summed E-state index contributed by atoms with van der Waals surface area (Å²) in [4.78, 5) is 0. The molecule has 0 aromatic rings. The second-order valence-electron chi connectivity index (χ2n) is 5.26. The van der Waals surface area contributed by atoms with Crippen LogP contribution >= 0.6 is 0 Å². The zero-order valence-electron chi connectivity index (χ0n) is 11.2. The minimum absolute atomic E-state index is 0.242. The molecule has 1 fully saturated rings. The third-order valence-electron chi connectivity index (χ3n) is 2.99. The van der Waals surface area contributed by atoms with E-state index in [1.807, 2.05) is 0 Å². The van der Waals surface area contributed by atoms with Crippen molar-refractivity contribution in [2.75, 3.05) is 6.61 Å². The fourth-order valence-electron chi connectivity index (χ4n) is 1.88. The van der Waals surface area contributed by atoms with E-state index < -0.39 is 5.60 Å². The molecule has 0 aliphatic carbocycles. The number of ether oxygens (including phenoxy) is 1. The number of aliphatic hydroxyl groups is 1. The largest absolute Gasteiger partial charge is 0.386 e. The van der Waals surface area contributed by atoms with Crippen LogP contribution in [0, 0.1) is 0 Å². The summed E-state index contributed by atoms with van der Waals surface area (Å²) in [7, 11) is 0. The first kappa shape index (κ1) is 14.2. The van der Waals surface area contributed by atoms with E-state index in [0.29, 0.717) is 6.42 Å². The molecule has 1 rings (SSSR count). The van der Waals surface area contributed by atoms with Crippen LogP contribution in [0.3, 0.4) is 0 Å². The van der Waals surface area contributed by atoms with Crippen LogP contribution in [0.2, 0.25) is 0 Å². The molecule has 0 bridgehead atoms. The van der Waals surface area contributed by atoms with Crippen molar-refractivity contribution in [1.82, 2.24) is 0 Å². The molecule has 0 aromatic heterocycles.